The van der Waals surface area contributed by atoms with Crippen LogP contribution in [0, 0.1) is 11.3 Å². The highest BCUT2D eigenvalue weighted by molar-refractivity contribution is 5.72. The smallest absolute Gasteiger partial charge is 0.308 e. The maximum absolute atomic E-state index is 10.7. The van der Waals surface area contributed by atoms with Gasteiger partial charge in [-0.1, -0.05) is 13.8 Å². The molecule has 0 bridgehead atoms. The minimum absolute atomic E-state index is 0.128. The zero-order chi connectivity index (χ0) is 9.64. The lowest BCUT2D eigenvalue weighted by Gasteiger charge is -2.34. The molecule has 2 rings (SSSR count). The standard InChI is InChI=1S/C10H17NO2/c1-10(2)5-8(10)11-7-4-3-6(7)9(12)13/h6-8,11H,3-5H2,1-2H3,(H,12,13). The van der Waals surface area contributed by atoms with E-state index in [0.717, 1.165) is 12.8 Å². The summed E-state index contributed by atoms with van der Waals surface area (Å²) in [6.07, 6.45) is 3.07. The van der Waals surface area contributed by atoms with E-state index >= 15 is 0 Å². The van der Waals surface area contributed by atoms with Crippen LogP contribution in [0.2, 0.25) is 0 Å². The van der Waals surface area contributed by atoms with Gasteiger partial charge in [0.25, 0.3) is 0 Å². The third-order valence-electron chi connectivity index (χ3n) is 3.52. The van der Waals surface area contributed by atoms with Crippen LogP contribution in [-0.4, -0.2) is 23.2 Å². The van der Waals surface area contributed by atoms with E-state index in [-0.39, 0.29) is 12.0 Å². The maximum atomic E-state index is 10.7. The minimum Gasteiger partial charge on any atom is -0.481 e. The van der Waals surface area contributed by atoms with Gasteiger partial charge in [0.05, 0.1) is 5.92 Å². The fourth-order valence-electron chi connectivity index (χ4n) is 2.01. The molecular formula is C10H17NO2. The molecule has 0 aliphatic heterocycles. The number of aliphatic carboxylic acids is 1. The molecule has 0 aromatic carbocycles. The number of carboxylic acid groups (broad SMARTS) is 1. The molecule has 0 saturated heterocycles. The normalized spacial score (nSPS) is 40.9. The Balaban J connectivity index is 1.81. The van der Waals surface area contributed by atoms with Crippen LogP contribution < -0.4 is 5.32 Å². The molecule has 2 saturated carbocycles. The van der Waals surface area contributed by atoms with Gasteiger partial charge in [-0.2, -0.15) is 0 Å². The van der Waals surface area contributed by atoms with Gasteiger partial charge in [0.15, 0.2) is 0 Å². The van der Waals surface area contributed by atoms with E-state index in [4.69, 9.17) is 5.11 Å². The first kappa shape index (κ1) is 9.00. The van der Waals surface area contributed by atoms with Crippen molar-refractivity contribution in [3.8, 4) is 0 Å². The average molecular weight is 183 g/mol. The fourth-order valence-corrected chi connectivity index (χ4v) is 2.01. The van der Waals surface area contributed by atoms with E-state index in [1.807, 2.05) is 0 Å². The van der Waals surface area contributed by atoms with Crippen LogP contribution >= 0.6 is 0 Å². The number of nitrogens with one attached hydrogen (secondary N) is 1. The average Bonchev–Trinajstić information content (AvgIpc) is 2.50. The predicted molar refractivity (Wildman–Crippen MR) is 49.5 cm³/mol. The van der Waals surface area contributed by atoms with Crippen LogP contribution in [-0.2, 0) is 4.79 Å². The number of carboxylic acids is 1. The molecule has 13 heavy (non-hydrogen) atoms. The van der Waals surface area contributed by atoms with E-state index in [2.05, 4.69) is 19.2 Å². The van der Waals surface area contributed by atoms with Crippen LogP contribution in [0.15, 0.2) is 0 Å². The summed E-state index contributed by atoms with van der Waals surface area (Å²) in [5.41, 5.74) is 0.401. The van der Waals surface area contributed by atoms with Gasteiger partial charge in [-0.15, -0.1) is 0 Å². The van der Waals surface area contributed by atoms with Gasteiger partial charge in [-0.05, 0) is 24.7 Å². The SMILES string of the molecule is CC1(C)CC1NC1CCC1C(=O)O. The molecule has 3 unspecified atom stereocenters. The molecule has 3 atom stereocenters. The second-order valence-corrected chi connectivity index (χ2v) is 5.04. The van der Waals surface area contributed by atoms with Crippen LogP contribution in [0.4, 0.5) is 0 Å². The minimum atomic E-state index is -0.637. The molecule has 2 fully saturated rings. The van der Waals surface area contributed by atoms with Gasteiger partial charge in [-0.3, -0.25) is 4.79 Å². The lowest BCUT2D eigenvalue weighted by molar-refractivity contribution is -0.146. The summed E-state index contributed by atoms with van der Waals surface area (Å²) >= 11 is 0. The highest BCUT2D eigenvalue weighted by Gasteiger charge is 2.49. The molecule has 2 N–H and O–H groups in total. The Kier molecular flexibility index (Phi) is 1.88. The Labute approximate surface area is 78.5 Å². The summed E-state index contributed by atoms with van der Waals surface area (Å²) in [6.45, 7) is 4.44. The molecule has 0 radical (unpaired) electrons. The molecule has 0 aromatic heterocycles. The Morgan fingerprint density at radius 1 is 1.46 bits per heavy atom. The number of hydrogen-bond acceptors (Lipinski definition) is 2. The molecule has 2 aliphatic rings. The Morgan fingerprint density at radius 2 is 2.08 bits per heavy atom. The second-order valence-electron chi connectivity index (χ2n) is 5.04. The highest BCUT2D eigenvalue weighted by atomic mass is 16.4. The van der Waals surface area contributed by atoms with Crippen molar-refractivity contribution < 1.29 is 9.90 Å². The number of rotatable bonds is 3. The molecule has 2 aliphatic carbocycles. The molecule has 0 heterocycles. The summed E-state index contributed by atoms with van der Waals surface area (Å²) in [7, 11) is 0. The van der Waals surface area contributed by atoms with Crippen LogP contribution in [0.1, 0.15) is 33.1 Å². The Morgan fingerprint density at radius 3 is 2.38 bits per heavy atom. The lowest BCUT2D eigenvalue weighted by atomic mass is 9.79. The lowest BCUT2D eigenvalue weighted by Crippen LogP contribution is -2.49. The van der Waals surface area contributed by atoms with Gasteiger partial charge in [-0.25, -0.2) is 0 Å². The zero-order valence-electron chi connectivity index (χ0n) is 8.21. The van der Waals surface area contributed by atoms with Crippen LogP contribution in [0.3, 0.4) is 0 Å². The van der Waals surface area contributed by atoms with Gasteiger partial charge >= 0.3 is 5.97 Å². The second kappa shape index (κ2) is 2.71. The monoisotopic (exact) mass is 183 g/mol. The largest absolute Gasteiger partial charge is 0.481 e. The first-order valence-corrected chi connectivity index (χ1v) is 4.99. The van der Waals surface area contributed by atoms with Gasteiger partial charge in [0.1, 0.15) is 0 Å². The predicted octanol–water partition coefficient (Wildman–Crippen LogP) is 1.24. The summed E-state index contributed by atoms with van der Waals surface area (Å²) < 4.78 is 0. The Hall–Kier alpha value is -0.570. The van der Waals surface area contributed by atoms with Gasteiger partial charge in [0, 0.05) is 12.1 Å². The van der Waals surface area contributed by atoms with E-state index in [0.29, 0.717) is 11.5 Å². The molecule has 0 spiro atoms. The third kappa shape index (κ3) is 1.57. The highest BCUT2D eigenvalue weighted by Crippen LogP contribution is 2.46. The van der Waals surface area contributed by atoms with E-state index in [1.54, 1.807) is 0 Å². The van der Waals surface area contributed by atoms with E-state index in [1.165, 1.54) is 6.42 Å². The van der Waals surface area contributed by atoms with Crippen molar-refractivity contribution in [1.29, 1.82) is 0 Å². The zero-order valence-corrected chi connectivity index (χ0v) is 8.21. The number of hydrogen-bond donors (Lipinski definition) is 2. The van der Waals surface area contributed by atoms with E-state index in [9.17, 15) is 4.79 Å². The maximum Gasteiger partial charge on any atom is 0.308 e. The van der Waals surface area contributed by atoms with Crippen molar-refractivity contribution in [3.63, 3.8) is 0 Å². The number of carbonyl (C=O) groups is 1. The molecule has 3 nitrogen and oxygen atoms in total. The molecular weight excluding hydrogens is 166 g/mol. The van der Waals surface area contributed by atoms with Crippen molar-refractivity contribution in [3.05, 3.63) is 0 Å². The summed E-state index contributed by atoms with van der Waals surface area (Å²) in [6, 6.07) is 0.795. The van der Waals surface area contributed by atoms with Crippen molar-refractivity contribution >= 4 is 5.97 Å². The van der Waals surface area contributed by atoms with Crippen molar-refractivity contribution in [2.45, 2.75) is 45.2 Å². The first-order valence-electron chi connectivity index (χ1n) is 4.99. The van der Waals surface area contributed by atoms with Crippen molar-refractivity contribution in [2.24, 2.45) is 11.3 Å². The topological polar surface area (TPSA) is 49.3 Å². The molecule has 3 heteroatoms. The summed E-state index contributed by atoms with van der Waals surface area (Å²) in [5.74, 6) is -0.765. The first-order chi connectivity index (χ1) is 6.00. The molecule has 0 aromatic rings. The fraction of sp³-hybridized carbons (Fsp3) is 0.900. The van der Waals surface area contributed by atoms with Crippen LogP contribution in [0.25, 0.3) is 0 Å². The van der Waals surface area contributed by atoms with Gasteiger partial charge in [0.2, 0.25) is 0 Å². The summed E-state index contributed by atoms with van der Waals surface area (Å²) in [5, 5.41) is 12.3. The molecule has 0 amide bonds. The van der Waals surface area contributed by atoms with Crippen molar-refractivity contribution in [2.75, 3.05) is 0 Å². The molecule has 74 valence electrons. The van der Waals surface area contributed by atoms with E-state index < -0.39 is 5.97 Å². The van der Waals surface area contributed by atoms with Crippen LogP contribution in [0.5, 0.6) is 0 Å². The van der Waals surface area contributed by atoms with Gasteiger partial charge < -0.3 is 10.4 Å². The summed E-state index contributed by atoms with van der Waals surface area (Å²) in [4.78, 5) is 10.7. The Bertz CT molecular complexity index is 237. The third-order valence-corrected chi connectivity index (χ3v) is 3.52. The quantitative estimate of drug-likeness (QED) is 0.692. The van der Waals surface area contributed by atoms with Crippen molar-refractivity contribution in [1.82, 2.24) is 5.32 Å².